The van der Waals surface area contributed by atoms with Gasteiger partial charge in [0.05, 0.1) is 0 Å². The molecule has 71 valence electrons. The molecule has 1 fully saturated rings. The molecule has 0 aromatic carbocycles. The molecule has 0 heteroatoms. The van der Waals surface area contributed by atoms with E-state index in [1.165, 1.54) is 51.4 Å². The van der Waals surface area contributed by atoms with E-state index >= 15 is 0 Å². The highest BCUT2D eigenvalue weighted by Gasteiger charge is 2.19. The largest absolute Gasteiger partial charge is 0.0651 e. The summed E-state index contributed by atoms with van der Waals surface area (Å²) in [6, 6.07) is 0. The SMILES string of the molecule is CC[C]1CCCCCCC1CC. The van der Waals surface area contributed by atoms with E-state index in [9.17, 15) is 0 Å². The fourth-order valence-electron chi connectivity index (χ4n) is 2.46. The van der Waals surface area contributed by atoms with Crippen LogP contribution in [0.4, 0.5) is 0 Å². The van der Waals surface area contributed by atoms with Crippen molar-refractivity contribution in [2.45, 2.75) is 65.2 Å². The first kappa shape index (κ1) is 10.1. The number of hydrogen-bond acceptors (Lipinski definition) is 0. The predicted octanol–water partition coefficient (Wildman–Crippen LogP) is 4.35. The van der Waals surface area contributed by atoms with Gasteiger partial charge in [0, 0.05) is 0 Å². The van der Waals surface area contributed by atoms with Gasteiger partial charge in [0.15, 0.2) is 0 Å². The zero-order chi connectivity index (χ0) is 8.81. The molecule has 0 saturated heterocycles. The van der Waals surface area contributed by atoms with E-state index in [0.717, 1.165) is 5.92 Å². The zero-order valence-corrected chi connectivity index (χ0v) is 8.73. The normalized spacial score (nSPS) is 28.0. The molecule has 0 bridgehead atoms. The molecular weight excluding hydrogens is 144 g/mol. The number of rotatable bonds is 2. The molecule has 0 N–H and O–H groups in total. The van der Waals surface area contributed by atoms with E-state index in [1.807, 2.05) is 5.92 Å². The van der Waals surface area contributed by atoms with Crippen LogP contribution in [-0.4, -0.2) is 0 Å². The van der Waals surface area contributed by atoms with E-state index < -0.39 is 0 Å². The van der Waals surface area contributed by atoms with Crippen molar-refractivity contribution in [3.8, 4) is 0 Å². The molecule has 0 aliphatic heterocycles. The lowest BCUT2D eigenvalue weighted by molar-refractivity contribution is 0.387. The van der Waals surface area contributed by atoms with Crippen LogP contribution in [0.2, 0.25) is 0 Å². The minimum Gasteiger partial charge on any atom is -0.0651 e. The van der Waals surface area contributed by atoms with Crippen molar-refractivity contribution in [2.75, 3.05) is 0 Å². The fraction of sp³-hybridized carbons (Fsp3) is 0.917. The Kier molecular flexibility index (Phi) is 4.72. The van der Waals surface area contributed by atoms with E-state index in [0.29, 0.717) is 0 Å². The van der Waals surface area contributed by atoms with Crippen LogP contribution in [0, 0.1) is 11.8 Å². The van der Waals surface area contributed by atoms with Gasteiger partial charge in [-0.05, 0) is 31.1 Å². The molecule has 1 saturated carbocycles. The molecule has 12 heavy (non-hydrogen) atoms. The second kappa shape index (κ2) is 5.61. The fourth-order valence-corrected chi connectivity index (χ4v) is 2.46. The van der Waals surface area contributed by atoms with Gasteiger partial charge in [-0.15, -0.1) is 0 Å². The smallest absolute Gasteiger partial charge is 0.0213 e. The van der Waals surface area contributed by atoms with Crippen molar-refractivity contribution in [1.29, 1.82) is 0 Å². The second-order valence-electron chi connectivity index (χ2n) is 4.07. The highest BCUT2D eigenvalue weighted by atomic mass is 14.2. The Morgan fingerprint density at radius 3 is 2.50 bits per heavy atom. The first-order chi connectivity index (χ1) is 5.88. The highest BCUT2D eigenvalue weighted by Crippen LogP contribution is 2.33. The first-order valence-electron chi connectivity index (χ1n) is 5.73. The van der Waals surface area contributed by atoms with Gasteiger partial charge in [-0.25, -0.2) is 0 Å². The maximum atomic E-state index is 2.35. The molecular formula is C12H23. The zero-order valence-electron chi connectivity index (χ0n) is 8.73. The van der Waals surface area contributed by atoms with E-state index in [2.05, 4.69) is 13.8 Å². The summed E-state index contributed by atoms with van der Waals surface area (Å²) in [5.41, 5.74) is 0. The van der Waals surface area contributed by atoms with Crippen LogP contribution in [0.15, 0.2) is 0 Å². The molecule has 1 aliphatic rings. The van der Waals surface area contributed by atoms with Crippen molar-refractivity contribution in [2.24, 2.45) is 5.92 Å². The topological polar surface area (TPSA) is 0 Å². The summed E-state index contributed by atoms with van der Waals surface area (Å²) in [7, 11) is 0. The number of hydrogen-bond donors (Lipinski definition) is 0. The molecule has 1 aliphatic carbocycles. The Labute approximate surface area is 77.7 Å². The minimum atomic E-state index is 0.968. The molecule has 1 rings (SSSR count). The summed E-state index contributed by atoms with van der Waals surface area (Å²) < 4.78 is 0. The van der Waals surface area contributed by atoms with Gasteiger partial charge in [-0.1, -0.05) is 46.0 Å². The summed E-state index contributed by atoms with van der Waals surface area (Å²) in [4.78, 5) is 0. The van der Waals surface area contributed by atoms with Crippen molar-refractivity contribution < 1.29 is 0 Å². The third kappa shape index (κ3) is 2.80. The summed E-state index contributed by atoms with van der Waals surface area (Å²) in [6.07, 6.45) is 11.5. The summed E-state index contributed by atoms with van der Waals surface area (Å²) in [5.74, 6) is 2.83. The Hall–Kier alpha value is 0. The molecule has 1 radical (unpaired) electrons. The lowest BCUT2D eigenvalue weighted by Crippen LogP contribution is -2.13. The van der Waals surface area contributed by atoms with Crippen molar-refractivity contribution >= 4 is 0 Å². The van der Waals surface area contributed by atoms with Gasteiger partial charge >= 0.3 is 0 Å². The third-order valence-electron chi connectivity index (χ3n) is 3.32. The lowest BCUT2D eigenvalue weighted by atomic mass is 9.79. The van der Waals surface area contributed by atoms with Crippen LogP contribution in [0.1, 0.15) is 65.2 Å². The molecule has 0 spiro atoms. The van der Waals surface area contributed by atoms with Gasteiger partial charge in [-0.3, -0.25) is 0 Å². The average molecular weight is 167 g/mol. The first-order valence-corrected chi connectivity index (χ1v) is 5.73. The third-order valence-corrected chi connectivity index (χ3v) is 3.32. The Balaban J connectivity index is 2.39. The standard InChI is InChI=1S/C12H23/c1-3-11-9-7-5-6-8-10-12(11)4-2/h11H,3-10H2,1-2H3. The van der Waals surface area contributed by atoms with Gasteiger partial charge in [0.2, 0.25) is 0 Å². The van der Waals surface area contributed by atoms with E-state index in [4.69, 9.17) is 0 Å². The van der Waals surface area contributed by atoms with Crippen LogP contribution in [-0.2, 0) is 0 Å². The molecule has 0 nitrogen and oxygen atoms in total. The molecule has 1 atom stereocenters. The Morgan fingerprint density at radius 1 is 1.08 bits per heavy atom. The van der Waals surface area contributed by atoms with Crippen LogP contribution in [0.25, 0.3) is 0 Å². The van der Waals surface area contributed by atoms with Crippen LogP contribution < -0.4 is 0 Å². The molecule has 0 aromatic rings. The lowest BCUT2D eigenvalue weighted by Gasteiger charge is -2.26. The average Bonchev–Trinajstić information content (AvgIpc) is 2.05. The van der Waals surface area contributed by atoms with Crippen molar-refractivity contribution in [3.05, 3.63) is 5.92 Å². The minimum absolute atomic E-state index is 0.968. The van der Waals surface area contributed by atoms with Gasteiger partial charge in [0.1, 0.15) is 0 Å². The van der Waals surface area contributed by atoms with Crippen LogP contribution in [0.5, 0.6) is 0 Å². The second-order valence-corrected chi connectivity index (χ2v) is 4.07. The van der Waals surface area contributed by atoms with Gasteiger partial charge < -0.3 is 0 Å². The predicted molar refractivity (Wildman–Crippen MR) is 55.0 cm³/mol. The van der Waals surface area contributed by atoms with Crippen LogP contribution >= 0.6 is 0 Å². The van der Waals surface area contributed by atoms with Gasteiger partial charge in [0.25, 0.3) is 0 Å². The molecule has 0 heterocycles. The van der Waals surface area contributed by atoms with Crippen LogP contribution in [0.3, 0.4) is 0 Å². The maximum absolute atomic E-state index is 2.35. The Bertz CT molecular complexity index is 92.6. The van der Waals surface area contributed by atoms with Gasteiger partial charge in [-0.2, -0.15) is 0 Å². The van der Waals surface area contributed by atoms with E-state index in [1.54, 1.807) is 0 Å². The highest BCUT2D eigenvalue weighted by molar-refractivity contribution is 4.95. The Morgan fingerprint density at radius 2 is 1.83 bits per heavy atom. The summed E-state index contributed by atoms with van der Waals surface area (Å²) in [5, 5.41) is 0. The summed E-state index contributed by atoms with van der Waals surface area (Å²) >= 11 is 0. The van der Waals surface area contributed by atoms with E-state index in [-0.39, 0.29) is 0 Å². The molecule has 0 aromatic heterocycles. The van der Waals surface area contributed by atoms with Crippen molar-refractivity contribution in [1.82, 2.24) is 0 Å². The molecule has 0 amide bonds. The summed E-state index contributed by atoms with van der Waals surface area (Å²) in [6.45, 7) is 4.68. The molecule has 1 unspecified atom stereocenters. The van der Waals surface area contributed by atoms with Crippen molar-refractivity contribution in [3.63, 3.8) is 0 Å². The maximum Gasteiger partial charge on any atom is -0.0213 e. The quantitative estimate of drug-likeness (QED) is 0.573. The monoisotopic (exact) mass is 167 g/mol.